The fraction of sp³-hybridized carbons (Fsp3) is 0.250. The Morgan fingerprint density at radius 1 is 1.00 bits per heavy atom. The molecule has 2 aromatic carbocycles. The van der Waals surface area contributed by atoms with Gasteiger partial charge in [0.2, 0.25) is 0 Å². The monoisotopic (exact) mass is 241 g/mol. The highest BCUT2D eigenvalue weighted by atomic mass is 16.3. The third-order valence-electron chi connectivity index (χ3n) is 3.08. The van der Waals surface area contributed by atoms with E-state index in [1.807, 2.05) is 18.2 Å². The molecule has 2 nitrogen and oxygen atoms in total. The van der Waals surface area contributed by atoms with Crippen molar-refractivity contribution < 1.29 is 5.11 Å². The molecule has 0 fully saturated rings. The second-order valence-electron chi connectivity index (χ2n) is 4.61. The van der Waals surface area contributed by atoms with Gasteiger partial charge in [0, 0.05) is 13.1 Å². The summed E-state index contributed by atoms with van der Waals surface area (Å²) >= 11 is 0. The Morgan fingerprint density at radius 3 is 2.33 bits per heavy atom. The third-order valence-corrected chi connectivity index (χ3v) is 3.08. The van der Waals surface area contributed by atoms with Gasteiger partial charge >= 0.3 is 0 Å². The van der Waals surface area contributed by atoms with Gasteiger partial charge in [-0.3, -0.25) is 0 Å². The maximum atomic E-state index is 9.25. The van der Waals surface area contributed by atoms with E-state index in [4.69, 9.17) is 0 Å². The molecule has 0 aliphatic carbocycles. The predicted octanol–water partition coefficient (Wildman–Crippen LogP) is 3.29. The summed E-state index contributed by atoms with van der Waals surface area (Å²) in [5.41, 5.74) is 2.55. The summed E-state index contributed by atoms with van der Waals surface area (Å²) in [6, 6.07) is 17.8. The number of phenols is 1. The van der Waals surface area contributed by atoms with Gasteiger partial charge in [-0.25, -0.2) is 0 Å². The summed E-state index contributed by atoms with van der Waals surface area (Å²) < 4.78 is 0. The summed E-state index contributed by atoms with van der Waals surface area (Å²) in [5, 5.41) is 12.7. The van der Waals surface area contributed by atoms with Crippen molar-refractivity contribution in [2.75, 3.05) is 6.54 Å². The first kappa shape index (κ1) is 12.7. The van der Waals surface area contributed by atoms with Gasteiger partial charge in [-0.15, -0.1) is 0 Å². The van der Waals surface area contributed by atoms with Crippen LogP contribution in [-0.4, -0.2) is 11.7 Å². The second kappa shape index (κ2) is 6.22. The smallest absolute Gasteiger partial charge is 0.115 e. The third kappa shape index (κ3) is 3.60. The first-order valence-corrected chi connectivity index (χ1v) is 6.29. The zero-order valence-corrected chi connectivity index (χ0v) is 10.6. The molecule has 18 heavy (non-hydrogen) atoms. The lowest BCUT2D eigenvalue weighted by molar-refractivity contribution is 0.474. The summed E-state index contributed by atoms with van der Waals surface area (Å²) in [7, 11) is 0. The second-order valence-corrected chi connectivity index (χ2v) is 4.61. The maximum Gasteiger partial charge on any atom is 0.115 e. The fourth-order valence-corrected chi connectivity index (χ4v) is 1.95. The van der Waals surface area contributed by atoms with Crippen molar-refractivity contribution in [2.24, 2.45) is 0 Å². The Hall–Kier alpha value is -1.80. The zero-order valence-electron chi connectivity index (χ0n) is 10.6. The lowest BCUT2D eigenvalue weighted by atomic mass is 10.0. The molecular weight excluding hydrogens is 222 g/mol. The van der Waals surface area contributed by atoms with Crippen LogP contribution in [-0.2, 0) is 6.54 Å². The van der Waals surface area contributed by atoms with Gasteiger partial charge in [-0.1, -0.05) is 49.4 Å². The van der Waals surface area contributed by atoms with E-state index in [0.29, 0.717) is 11.7 Å². The molecule has 2 aromatic rings. The average Bonchev–Trinajstić information content (AvgIpc) is 2.40. The van der Waals surface area contributed by atoms with Crippen LogP contribution in [0.5, 0.6) is 5.75 Å². The highest BCUT2D eigenvalue weighted by Crippen LogP contribution is 2.17. The van der Waals surface area contributed by atoms with Gasteiger partial charge in [0.1, 0.15) is 5.75 Å². The molecule has 0 aliphatic heterocycles. The number of hydrogen-bond acceptors (Lipinski definition) is 2. The van der Waals surface area contributed by atoms with Crippen LogP contribution >= 0.6 is 0 Å². The van der Waals surface area contributed by atoms with E-state index in [2.05, 4.69) is 36.5 Å². The van der Waals surface area contributed by atoms with Crippen LogP contribution in [0.25, 0.3) is 0 Å². The van der Waals surface area contributed by atoms with Crippen LogP contribution in [0.4, 0.5) is 0 Å². The summed E-state index contributed by atoms with van der Waals surface area (Å²) in [4.78, 5) is 0. The first-order valence-electron chi connectivity index (χ1n) is 6.29. The van der Waals surface area contributed by atoms with Crippen molar-refractivity contribution in [2.45, 2.75) is 19.4 Å². The van der Waals surface area contributed by atoms with Crippen molar-refractivity contribution in [3.63, 3.8) is 0 Å². The molecule has 2 heteroatoms. The topological polar surface area (TPSA) is 32.3 Å². The molecule has 0 heterocycles. The predicted molar refractivity (Wildman–Crippen MR) is 74.7 cm³/mol. The maximum absolute atomic E-state index is 9.25. The largest absolute Gasteiger partial charge is 0.508 e. The minimum absolute atomic E-state index is 0.322. The lowest BCUT2D eigenvalue weighted by Gasteiger charge is -2.13. The summed E-state index contributed by atoms with van der Waals surface area (Å²) in [5.74, 6) is 0.762. The quantitative estimate of drug-likeness (QED) is 0.842. The van der Waals surface area contributed by atoms with E-state index in [1.54, 1.807) is 12.1 Å². The lowest BCUT2D eigenvalue weighted by Crippen LogP contribution is -2.19. The van der Waals surface area contributed by atoms with E-state index in [1.165, 1.54) is 11.1 Å². The first-order chi connectivity index (χ1) is 8.75. The van der Waals surface area contributed by atoms with Crippen molar-refractivity contribution in [1.82, 2.24) is 5.32 Å². The normalized spacial score (nSPS) is 12.3. The van der Waals surface area contributed by atoms with Crippen LogP contribution < -0.4 is 5.32 Å². The number of hydrogen-bond donors (Lipinski definition) is 2. The zero-order chi connectivity index (χ0) is 12.8. The molecule has 2 rings (SSSR count). The SMILES string of the molecule is C[C@H](CNCc1ccccc1)c1ccc(O)cc1. The number of benzene rings is 2. The van der Waals surface area contributed by atoms with Gasteiger partial charge in [-0.05, 0) is 29.2 Å². The Bertz CT molecular complexity index is 464. The molecule has 0 aliphatic rings. The van der Waals surface area contributed by atoms with Gasteiger partial charge in [0.05, 0.1) is 0 Å². The minimum atomic E-state index is 0.322. The van der Waals surface area contributed by atoms with Crippen LogP contribution in [0.1, 0.15) is 24.0 Å². The molecule has 0 bridgehead atoms. The van der Waals surface area contributed by atoms with Gasteiger partial charge < -0.3 is 10.4 Å². The van der Waals surface area contributed by atoms with Gasteiger partial charge in [-0.2, -0.15) is 0 Å². The van der Waals surface area contributed by atoms with Crippen molar-refractivity contribution in [3.8, 4) is 5.75 Å². The van der Waals surface area contributed by atoms with E-state index in [-0.39, 0.29) is 0 Å². The van der Waals surface area contributed by atoms with E-state index >= 15 is 0 Å². The molecular formula is C16H19NO. The molecule has 0 unspecified atom stereocenters. The van der Waals surface area contributed by atoms with Crippen molar-refractivity contribution >= 4 is 0 Å². The molecule has 94 valence electrons. The van der Waals surface area contributed by atoms with Crippen molar-refractivity contribution in [1.29, 1.82) is 0 Å². The Morgan fingerprint density at radius 2 is 1.67 bits per heavy atom. The van der Waals surface area contributed by atoms with Crippen LogP contribution in [0.15, 0.2) is 54.6 Å². The van der Waals surface area contributed by atoms with Crippen LogP contribution in [0.3, 0.4) is 0 Å². The number of nitrogens with one attached hydrogen (secondary N) is 1. The number of rotatable bonds is 5. The number of phenolic OH excluding ortho intramolecular Hbond substituents is 1. The highest BCUT2D eigenvalue weighted by Gasteiger charge is 2.04. The van der Waals surface area contributed by atoms with E-state index in [0.717, 1.165) is 13.1 Å². The van der Waals surface area contributed by atoms with E-state index < -0.39 is 0 Å². The Balaban J connectivity index is 1.81. The fourth-order valence-electron chi connectivity index (χ4n) is 1.95. The van der Waals surface area contributed by atoms with Crippen LogP contribution in [0.2, 0.25) is 0 Å². The highest BCUT2D eigenvalue weighted by molar-refractivity contribution is 5.28. The van der Waals surface area contributed by atoms with E-state index in [9.17, 15) is 5.11 Å². The molecule has 0 aromatic heterocycles. The Labute approximate surface area is 108 Å². The molecule has 0 saturated heterocycles. The van der Waals surface area contributed by atoms with Crippen LogP contribution in [0, 0.1) is 0 Å². The standard InChI is InChI=1S/C16H19NO/c1-13(15-7-9-16(18)10-8-15)11-17-12-14-5-3-2-4-6-14/h2-10,13,17-18H,11-12H2,1H3/t13-/m1/s1. The average molecular weight is 241 g/mol. The summed E-state index contributed by atoms with van der Waals surface area (Å²) in [6.45, 7) is 4.01. The van der Waals surface area contributed by atoms with Gasteiger partial charge in [0.25, 0.3) is 0 Å². The minimum Gasteiger partial charge on any atom is -0.508 e. The van der Waals surface area contributed by atoms with Crippen molar-refractivity contribution in [3.05, 3.63) is 65.7 Å². The molecule has 2 N–H and O–H groups in total. The summed E-state index contributed by atoms with van der Waals surface area (Å²) in [6.07, 6.45) is 0. The Kier molecular flexibility index (Phi) is 4.37. The molecule has 1 atom stereocenters. The van der Waals surface area contributed by atoms with Gasteiger partial charge in [0.15, 0.2) is 0 Å². The molecule has 0 saturated carbocycles. The molecule has 0 radical (unpaired) electrons. The molecule has 0 spiro atoms. The number of aromatic hydroxyl groups is 1. The molecule has 0 amide bonds.